The van der Waals surface area contributed by atoms with Gasteiger partial charge in [0.25, 0.3) is 0 Å². The van der Waals surface area contributed by atoms with Crippen molar-refractivity contribution in [1.29, 1.82) is 0 Å². The molecule has 35 heavy (non-hydrogen) atoms. The van der Waals surface area contributed by atoms with Gasteiger partial charge in [0, 0.05) is 25.0 Å². The van der Waals surface area contributed by atoms with E-state index in [4.69, 9.17) is 0 Å². The van der Waals surface area contributed by atoms with E-state index in [1.54, 1.807) is 31.0 Å². The second-order valence-corrected chi connectivity index (χ2v) is 9.69. The molecule has 1 atom stereocenters. The Labute approximate surface area is 216 Å². The van der Waals surface area contributed by atoms with Crippen molar-refractivity contribution in [3.05, 3.63) is 71.3 Å². The van der Waals surface area contributed by atoms with Crippen LogP contribution in [0.1, 0.15) is 9.67 Å². The molecule has 5 aromatic rings. The molecule has 0 bridgehead atoms. The number of benzene rings is 1. The van der Waals surface area contributed by atoms with Crippen LogP contribution in [0.15, 0.2) is 54.8 Å². The van der Waals surface area contributed by atoms with Crippen molar-refractivity contribution >= 4 is 74.4 Å². The Hall–Kier alpha value is -3.16. The van der Waals surface area contributed by atoms with E-state index in [9.17, 15) is 13.6 Å². The van der Waals surface area contributed by atoms with Gasteiger partial charge in [0.15, 0.2) is 17.8 Å². The topological polar surface area (TPSA) is 111 Å². The van der Waals surface area contributed by atoms with Crippen LogP contribution >= 0.6 is 39.8 Å². The van der Waals surface area contributed by atoms with Crippen molar-refractivity contribution in [1.82, 2.24) is 29.3 Å². The number of nitrogens with one attached hydrogen (secondary N) is 2. The molecule has 0 radical (unpaired) electrons. The normalized spacial score (nSPS) is 10.9. The smallest absolute Gasteiger partial charge is 0.172 e. The number of carbonyl (C=O) groups is 1. The minimum atomic E-state index is -0.734. The molecule has 0 spiro atoms. The maximum atomic E-state index is 14.6. The number of aromatic nitrogens is 6. The SMILES string of the molecule is CNc1ccc(F)c(Nc2ncccc2-c2ncnc3c2ncn3PI)c1F.O=Cc1cncs1. The van der Waals surface area contributed by atoms with Crippen LogP contribution in [0.25, 0.3) is 22.4 Å². The lowest BCUT2D eigenvalue weighted by Gasteiger charge is -2.14. The molecule has 1 aromatic carbocycles. The Morgan fingerprint density at radius 1 is 1.17 bits per heavy atom. The fraction of sp³-hybridized carbons (Fsp3) is 0.0476. The van der Waals surface area contributed by atoms with Crippen molar-refractivity contribution in [2.45, 2.75) is 0 Å². The van der Waals surface area contributed by atoms with Gasteiger partial charge in [0.05, 0.1) is 22.4 Å². The summed E-state index contributed by atoms with van der Waals surface area (Å²) in [6, 6.07) is 6.01. The first-order valence-electron chi connectivity index (χ1n) is 9.83. The Morgan fingerprint density at radius 2 is 2.03 bits per heavy atom. The first-order valence-corrected chi connectivity index (χ1v) is 14.8. The maximum absolute atomic E-state index is 14.6. The summed E-state index contributed by atoms with van der Waals surface area (Å²) in [5.41, 5.74) is 3.87. The Morgan fingerprint density at radius 3 is 2.71 bits per heavy atom. The zero-order valence-corrected chi connectivity index (χ0v) is 21.9. The van der Waals surface area contributed by atoms with E-state index >= 15 is 0 Å². The summed E-state index contributed by atoms with van der Waals surface area (Å²) in [6.45, 7) is 0. The highest BCUT2D eigenvalue weighted by Gasteiger charge is 2.19. The first-order chi connectivity index (χ1) is 17.1. The largest absolute Gasteiger partial charge is 0.386 e. The number of rotatable bonds is 6. The van der Waals surface area contributed by atoms with Gasteiger partial charge in [-0.1, -0.05) is 0 Å². The molecule has 14 heteroatoms. The average Bonchev–Trinajstić information content (AvgIpc) is 3.57. The number of imidazole rings is 1. The third-order valence-corrected chi connectivity index (χ3v) is 7.43. The molecule has 178 valence electrons. The van der Waals surface area contributed by atoms with Crippen molar-refractivity contribution in [2.24, 2.45) is 0 Å². The van der Waals surface area contributed by atoms with E-state index in [1.807, 2.05) is 4.34 Å². The second kappa shape index (κ2) is 11.5. The van der Waals surface area contributed by atoms with E-state index in [0.717, 1.165) is 6.29 Å². The van der Waals surface area contributed by atoms with E-state index in [2.05, 4.69) is 57.6 Å². The predicted molar refractivity (Wildman–Crippen MR) is 143 cm³/mol. The Bertz CT molecular complexity index is 1470. The summed E-state index contributed by atoms with van der Waals surface area (Å²) in [7, 11) is 1.56. The molecule has 4 heterocycles. The summed E-state index contributed by atoms with van der Waals surface area (Å²) in [5, 5.41) is 5.46. The zero-order chi connectivity index (χ0) is 24.8. The third-order valence-electron chi connectivity index (χ3n) is 4.66. The second-order valence-electron chi connectivity index (χ2n) is 6.67. The average molecular weight is 624 g/mol. The van der Waals surface area contributed by atoms with Gasteiger partial charge in [-0.3, -0.25) is 14.1 Å². The quantitative estimate of drug-likeness (QED) is 0.141. The number of nitrogens with zero attached hydrogens (tertiary/aromatic N) is 6. The van der Waals surface area contributed by atoms with Crippen molar-refractivity contribution in [2.75, 3.05) is 17.7 Å². The zero-order valence-electron chi connectivity index (χ0n) is 17.9. The summed E-state index contributed by atoms with van der Waals surface area (Å²) in [6.07, 6.45) is 7.42. The highest BCUT2D eigenvalue weighted by Crippen LogP contribution is 2.35. The van der Waals surface area contributed by atoms with Crippen molar-refractivity contribution < 1.29 is 13.6 Å². The molecule has 4 aromatic heterocycles. The molecule has 2 N–H and O–H groups in total. The van der Waals surface area contributed by atoms with E-state index in [0.29, 0.717) is 33.7 Å². The first kappa shape index (κ1) is 24.9. The molecule has 0 saturated carbocycles. The lowest BCUT2D eigenvalue weighted by atomic mass is 10.1. The lowest BCUT2D eigenvalue weighted by Crippen LogP contribution is -2.04. The van der Waals surface area contributed by atoms with Crippen LogP contribution in [0, 0.1) is 11.6 Å². The highest BCUT2D eigenvalue weighted by atomic mass is 127. The molecule has 0 aliphatic carbocycles. The van der Waals surface area contributed by atoms with Gasteiger partial charge in [0.2, 0.25) is 0 Å². The molecular weight excluding hydrogens is 608 g/mol. The summed E-state index contributed by atoms with van der Waals surface area (Å²) in [5.74, 6) is -1.20. The molecule has 1 unspecified atom stereocenters. The number of aldehydes is 1. The van der Waals surface area contributed by atoms with Gasteiger partial charge in [-0.15, -0.1) is 11.3 Å². The number of carbonyl (C=O) groups excluding carboxylic acids is 1. The molecular formula is C21H16F2IN8OPS. The van der Waals surface area contributed by atoms with Crippen molar-refractivity contribution in [3.63, 3.8) is 0 Å². The maximum Gasteiger partial charge on any atom is 0.172 e. The van der Waals surface area contributed by atoms with Gasteiger partial charge in [-0.2, -0.15) is 0 Å². The number of hydrogen-bond acceptors (Lipinski definition) is 9. The summed E-state index contributed by atoms with van der Waals surface area (Å²) in [4.78, 5) is 31.5. The number of pyridine rings is 1. The highest BCUT2D eigenvalue weighted by molar-refractivity contribution is 14.2. The fourth-order valence-corrected chi connectivity index (χ4v) is 4.88. The number of thiazole rings is 1. The molecule has 0 amide bonds. The van der Waals surface area contributed by atoms with Gasteiger partial charge >= 0.3 is 0 Å². The number of anilines is 3. The van der Waals surface area contributed by atoms with E-state index < -0.39 is 11.6 Å². The summed E-state index contributed by atoms with van der Waals surface area (Å²) < 4.78 is 30.8. The predicted octanol–water partition coefficient (Wildman–Crippen LogP) is 5.70. The van der Waals surface area contributed by atoms with Crippen LogP contribution in [-0.2, 0) is 0 Å². The molecule has 0 saturated heterocycles. The Balaban J connectivity index is 0.000000356. The minimum Gasteiger partial charge on any atom is -0.386 e. The molecule has 5 rings (SSSR count). The monoisotopic (exact) mass is 624 g/mol. The van der Waals surface area contributed by atoms with E-state index in [-0.39, 0.29) is 17.2 Å². The van der Waals surface area contributed by atoms with Gasteiger partial charge in [-0.25, -0.2) is 28.7 Å². The Kier molecular flexibility index (Phi) is 8.21. The summed E-state index contributed by atoms with van der Waals surface area (Å²) >= 11 is 3.58. The minimum absolute atomic E-state index is 0.174. The van der Waals surface area contributed by atoms with Crippen LogP contribution in [0.5, 0.6) is 0 Å². The van der Waals surface area contributed by atoms with Crippen LogP contribution < -0.4 is 10.6 Å². The number of fused-ring (bicyclic) bond motifs is 1. The van der Waals surface area contributed by atoms with Gasteiger partial charge in [-0.05, 0) is 46.3 Å². The van der Waals surface area contributed by atoms with Crippen LogP contribution in [0.4, 0.5) is 26.0 Å². The fourth-order valence-electron chi connectivity index (χ4n) is 3.05. The lowest BCUT2D eigenvalue weighted by molar-refractivity contribution is 0.112. The third kappa shape index (κ3) is 5.41. The molecule has 0 aliphatic heterocycles. The number of halogens is 3. The van der Waals surface area contributed by atoms with Gasteiger partial charge < -0.3 is 10.6 Å². The standard InChI is InChI=1S/C17H13F2IN7P.C4H3NOS/c1-21-11-5-4-10(18)14(12(11)19)26-16-9(3-2-6-22-16)13-15-17(24-7-23-13)27(28-20)8-25-15;6-2-4-1-5-3-7-4/h2-8,21,28H,1H3,(H,22,26);1-3H. The molecule has 0 fully saturated rings. The van der Waals surface area contributed by atoms with Crippen molar-refractivity contribution in [3.8, 4) is 11.3 Å². The molecule has 9 nitrogen and oxygen atoms in total. The van der Waals surface area contributed by atoms with Crippen LogP contribution in [-0.4, -0.2) is 42.6 Å². The van der Waals surface area contributed by atoms with Gasteiger partial charge in [0.1, 0.15) is 41.2 Å². The van der Waals surface area contributed by atoms with Crippen LogP contribution in [0.2, 0.25) is 0 Å². The van der Waals surface area contributed by atoms with Crippen LogP contribution in [0.3, 0.4) is 0 Å². The number of hydrogen-bond donors (Lipinski definition) is 2. The molecule has 0 aliphatic rings. The van der Waals surface area contributed by atoms with E-state index in [1.165, 1.54) is 42.2 Å².